The first-order chi connectivity index (χ1) is 6.22. The van der Waals surface area contributed by atoms with E-state index in [-0.39, 0.29) is 5.91 Å². The van der Waals surface area contributed by atoms with Crippen LogP contribution in [-0.4, -0.2) is 23.4 Å². The third-order valence-electron chi connectivity index (χ3n) is 1.84. The van der Waals surface area contributed by atoms with E-state index in [4.69, 9.17) is 5.73 Å². The molecule has 4 heteroatoms. The highest BCUT2D eigenvalue weighted by molar-refractivity contribution is 5.93. The molecule has 2 N–H and O–H groups in total. The first-order valence-corrected chi connectivity index (χ1v) is 4.81. The summed E-state index contributed by atoms with van der Waals surface area (Å²) in [5, 5.41) is 0. The van der Waals surface area contributed by atoms with Crippen molar-refractivity contribution in [1.29, 1.82) is 0 Å². The second kappa shape index (κ2) is 6.46. The molecule has 0 unspecified atom stereocenters. The van der Waals surface area contributed by atoms with Crippen molar-refractivity contribution in [2.45, 2.75) is 39.5 Å². The van der Waals surface area contributed by atoms with Gasteiger partial charge in [0.2, 0.25) is 5.91 Å². The fraction of sp³-hybridized carbons (Fsp3) is 0.778. The van der Waals surface area contributed by atoms with Crippen molar-refractivity contribution < 1.29 is 9.59 Å². The van der Waals surface area contributed by atoms with Gasteiger partial charge < -0.3 is 5.73 Å². The Hall–Kier alpha value is -1.06. The number of carbonyl (C=O) groups excluding carboxylic acids is 2. The average Bonchev–Trinajstić information content (AvgIpc) is 2.33. The summed E-state index contributed by atoms with van der Waals surface area (Å²) in [5.41, 5.74) is 4.99. The fourth-order valence-electron chi connectivity index (χ4n) is 1.22. The van der Waals surface area contributed by atoms with Crippen LogP contribution in [0.3, 0.4) is 0 Å². The molecule has 1 rings (SSSR count). The summed E-state index contributed by atoms with van der Waals surface area (Å²) in [6, 6.07) is -0.614. The monoisotopic (exact) mass is 186 g/mol. The summed E-state index contributed by atoms with van der Waals surface area (Å²) >= 11 is 0. The van der Waals surface area contributed by atoms with Gasteiger partial charge in [0.1, 0.15) is 0 Å². The van der Waals surface area contributed by atoms with Crippen molar-refractivity contribution in [2.24, 2.45) is 5.73 Å². The minimum absolute atomic E-state index is 0.130. The van der Waals surface area contributed by atoms with Crippen LogP contribution in [0.5, 0.6) is 0 Å². The van der Waals surface area contributed by atoms with E-state index in [1.165, 1.54) is 0 Å². The number of primary amides is 1. The maximum Gasteiger partial charge on any atom is 0.321 e. The van der Waals surface area contributed by atoms with Crippen molar-refractivity contribution in [3.63, 3.8) is 0 Å². The van der Waals surface area contributed by atoms with E-state index in [0.29, 0.717) is 13.0 Å². The van der Waals surface area contributed by atoms with Gasteiger partial charge in [-0.25, -0.2) is 4.79 Å². The molecule has 1 fully saturated rings. The van der Waals surface area contributed by atoms with E-state index in [9.17, 15) is 9.59 Å². The van der Waals surface area contributed by atoms with Gasteiger partial charge in [0, 0.05) is 13.0 Å². The summed E-state index contributed by atoms with van der Waals surface area (Å²) in [6.45, 7) is 4.49. The second-order valence-corrected chi connectivity index (χ2v) is 2.69. The standard InChI is InChI=1S/C7H12N2O2.C2H6/c8-7(11)9-5-3-1-2-4-6(9)10;1-2/h1-5H2,(H2,8,11);1-2H3. The van der Waals surface area contributed by atoms with Crippen LogP contribution in [0.15, 0.2) is 0 Å². The normalized spacial score (nSPS) is 17.1. The maximum absolute atomic E-state index is 11.1. The van der Waals surface area contributed by atoms with E-state index < -0.39 is 6.03 Å². The van der Waals surface area contributed by atoms with Gasteiger partial charge in [-0.3, -0.25) is 9.69 Å². The van der Waals surface area contributed by atoms with Crippen LogP contribution in [0.2, 0.25) is 0 Å². The van der Waals surface area contributed by atoms with Gasteiger partial charge in [-0.15, -0.1) is 0 Å². The number of nitrogens with zero attached hydrogens (tertiary/aromatic N) is 1. The molecule has 0 aromatic carbocycles. The van der Waals surface area contributed by atoms with Gasteiger partial charge in [0.15, 0.2) is 0 Å². The van der Waals surface area contributed by atoms with Crippen molar-refractivity contribution >= 4 is 11.9 Å². The molecule has 0 radical (unpaired) electrons. The zero-order chi connectivity index (χ0) is 10.3. The highest BCUT2D eigenvalue weighted by atomic mass is 16.2. The molecule has 1 saturated heterocycles. The van der Waals surface area contributed by atoms with E-state index in [0.717, 1.165) is 24.2 Å². The van der Waals surface area contributed by atoms with Crippen molar-refractivity contribution in [3.05, 3.63) is 0 Å². The first kappa shape index (κ1) is 11.9. The van der Waals surface area contributed by atoms with Crippen LogP contribution >= 0.6 is 0 Å². The average molecular weight is 186 g/mol. The minimum Gasteiger partial charge on any atom is -0.351 e. The Morgan fingerprint density at radius 2 is 1.92 bits per heavy atom. The molecule has 0 aliphatic carbocycles. The van der Waals surface area contributed by atoms with Crippen LogP contribution in [0, 0.1) is 0 Å². The lowest BCUT2D eigenvalue weighted by molar-refractivity contribution is -0.127. The van der Waals surface area contributed by atoms with Crippen LogP contribution in [0.4, 0.5) is 4.79 Å². The molecular weight excluding hydrogens is 168 g/mol. The topological polar surface area (TPSA) is 63.4 Å². The second-order valence-electron chi connectivity index (χ2n) is 2.69. The molecule has 0 bridgehead atoms. The molecule has 1 heterocycles. The summed E-state index contributed by atoms with van der Waals surface area (Å²) in [5.74, 6) is -0.130. The first-order valence-electron chi connectivity index (χ1n) is 4.81. The van der Waals surface area contributed by atoms with Crippen LogP contribution in [0.25, 0.3) is 0 Å². The number of likely N-dealkylation sites (tertiary alicyclic amines) is 1. The van der Waals surface area contributed by atoms with E-state index in [1.807, 2.05) is 13.8 Å². The lowest BCUT2D eigenvalue weighted by Crippen LogP contribution is -2.40. The number of amides is 3. The van der Waals surface area contributed by atoms with Gasteiger partial charge >= 0.3 is 6.03 Å². The SMILES string of the molecule is CC.NC(=O)N1CCCCCC1=O. The van der Waals surface area contributed by atoms with E-state index in [2.05, 4.69) is 0 Å². The third-order valence-corrected chi connectivity index (χ3v) is 1.84. The molecule has 0 aromatic rings. The lowest BCUT2D eigenvalue weighted by atomic mass is 10.2. The van der Waals surface area contributed by atoms with E-state index >= 15 is 0 Å². The Morgan fingerprint density at radius 3 is 2.46 bits per heavy atom. The van der Waals surface area contributed by atoms with E-state index in [1.54, 1.807) is 0 Å². The zero-order valence-corrected chi connectivity index (χ0v) is 8.38. The molecule has 1 aliphatic rings. The number of carbonyl (C=O) groups is 2. The van der Waals surface area contributed by atoms with Crippen LogP contribution < -0.4 is 5.73 Å². The zero-order valence-electron chi connectivity index (χ0n) is 8.38. The predicted octanol–water partition coefficient (Wildman–Crippen LogP) is 1.49. The molecule has 0 spiro atoms. The van der Waals surface area contributed by atoms with Gasteiger partial charge in [-0.1, -0.05) is 20.3 Å². The number of urea groups is 1. The van der Waals surface area contributed by atoms with Crippen LogP contribution in [-0.2, 0) is 4.79 Å². The molecule has 13 heavy (non-hydrogen) atoms. The summed E-state index contributed by atoms with van der Waals surface area (Å²) in [6.07, 6.45) is 3.23. The number of rotatable bonds is 0. The molecule has 0 saturated carbocycles. The largest absolute Gasteiger partial charge is 0.351 e. The lowest BCUT2D eigenvalue weighted by Gasteiger charge is -2.14. The molecule has 3 amide bonds. The molecule has 0 atom stereocenters. The quantitative estimate of drug-likeness (QED) is 0.623. The Balaban J connectivity index is 0.000000671. The number of hydrogen-bond acceptors (Lipinski definition) is 2. The Kier molecular flexibility index (Phi) is 5.93. The highest BCUT2D eigenvalue weighted by Gasteiger charge is 2.19. The fourth-order valence-corrected chi connectivity index (χ4v) is 1.22. The number of nitrogens with two attached hydrogens (primary N) is 1. The van der Waals surface area contributed by atoms with Gasteiger partial charge in [0.05, 0.1) is 0 Å². The Bertz CT molecular complexity index is 180. The van der Waals surface area contributed by atoms with Crippen LogP contribution in [0.1, 0.15) is 39.5 Å². The van der Waals surface area contributed by atoms with Gasteiger partial charge in [-0.2, -0.15) is 0 Å². The Labute approximate surface area is 79.1 Å². The third kappa shape index (κ3) is 3.92. The van der Waals surface area contributed by atoms with Crippen molar-refractivity contribution in [1.82, 2.24) is 4.90 Å². The maximum atomic E-state index is 11.1. The number of imide groups is 1. The minimum atomic E-state index is -0.614. The summed E-state index contributed by atoms with van der Waals surface area (Å²) < 4.78 is 0. The molecule has 1 aliphatic heterocycles. The molecular formula is C9H18N2O2. The van der Waals surface area contributed by atoms with Gasteiger partial charge in [-0.05, 0) is 12.8 Å². The summed E-state index contributed by atoms with van der Waals surface area (Å²) in [7, 11) is 0. The highest BCUT2D eigenvalue weighted by Crippen LogP contribution is 2.10. The molecule has 76 valence electrons. The smallest absolute Gasteiger partial charge is 0.321 e. The molecule has 4 nitrogen and oxygen atoms in total. The summed E-state index contributed by atoms with van der Waals surface area (Å²) in [4.78, 5) is 22.9. The number of hydrogen-bond donors (Lipinski definition) is 1. The molecule has 0 aromatic heterocycles. The van der Waals surface area contributed by atoms with Gasteiger partial charge in [0.25, 0.3) is 0 Å². The Morgan fingerprint density at radius 1 is 1.31 bits per heavy atom. The van der Waals surface area contributed by atoms with Crippen molar-refractivity contribution in [3.8, 4) is 0 Å². The van der Waals surface area contributed by atoms with Crippen molar-refractivity contribution in [2.75, 3.05) is 6.54 Å². The predicted molar refractivity (Wildman–Crippen MR) is 51.1 cm³/mol.